The van der Waals surface area contributed by atoms with Crippen LogP contribution in [0.5, 0.6) is 0 Å². The van der Waals surface area contributed by atoms with E-state index in [9.17, 15) is 13.6 Å². The summed E-state index contributed by atoms with van der Waals surface area (Å²) in [7, 11) is 0. The number of rotatable bonds is 3. The Morgan fingerprint density at radius 3 is 2.43 bits per heavy atom. The monoisotopic (exact) mass is 318 g/mol. The summed E-state index contributed by atoms with van der Waals surface area (Å²) in [5.41, 5.74) is 0.886. The quantitative estimate of drug-likeness (QED) is 0.909. The van der Waals surface area contributed by atoms with Crippen LogP contribution in [0.15, 0.2) is 36.5 Å². The van der Waals surface area contributed by atoms with E-state index in [0.29, 0.717) is 5.82 Å². The van der Waals surface area contributed by atoms with Crippen LogP contribution in [0.4, 0.5) is 20.3 Å². The number of hydrogen-bond donors (Lipinski definition) is 2. The number of nitrogens with one attached hydrogen (secondary N) is 2. The number of nitrogens with zero attached hydrogens (tertiary/aromatic N) is 2. The van der Waals surface area contributed by atoms with Gasteiger partial charge in [0, 0.05) is 37.8 Å². The van der Waals surface area contributed by atoms with Crippen molar-refractivity contribution in [2.24, 2.45) is 0 Å². The Labute approximate surface area is 132 Å². The molecule has 1 aromatic carbocycles. The lowest BCUT2D eigenvalue weighted by atomic mass is 10.2. The van der Waals surface area contributed by atoms with Crippen LogP contribution in [-0.2, 0) is 0 Å². The lowest BCUT2D eigenvalue weighted by Crippen LogP contribution is -2.43. The topological polar surface area (TPSA) is 57.3 Å². The van der Waals surface area contributed by atoms with Gasteiger partial charge in [-0.1, -0.05) is 0 Å². The molecule has 2 heterocycles. The molecule has 1 aliphatic heterocycles. The molecule has 23 heavy (non-hydrogen) atoms. The minimum atomic E-state index is -0.794. The van der Waals surface area contributed by atoms with Crippen molar-refractivity contribution in [3.05, 3.63) is 53.7 Å². The van der Waals surface area contributed by atoms with E-state index in [1.165, 1.54) is 0 Å². The van der Waals surface area contributed by atoms with E-state index in [0.717, 1.165) is 50.1 Å². The van der Waals surface area contributed by atoms with Gasteiger partial charge in [-0.25, -0.2) is 13.8 Å². The highest BCUT2D eigenvalue weighted by Crippen LogP contribution is 2.16. The highest BCUT2D eigenvalue weighted by molar-refractivity contribution is 6.03. The molecule has 0 spiro atoms. The second-order valence-electron chi connectivity index (χ2n) is 5.25. The molecule has 5 nitrogen and oxygen atoms in total. The molecule has 3 rings (SSSR count). The summed E-state index contributed by atoms with van der Waals surface area (Å²) in [5.74, 6) is -1.86. The number of pyridine rings is 1. The Hall–Kier alpha value is -2.54. The molecule has 0 unspecified atom stereocenters. The number of aromatic nitrogens is 1. The smallest absolute Gasteiger partial charge is 0.257 e. The normalized spacial score (nSPS) is 14.6. The third-order valence-corrected chi connectivity index (χ3v) is 3.60. The number of hydrogen-bond acceptors (Lipinski definition) is 4. The summed E-state index contributed by atoms with van der Waals surface area (Å²) in [6.07, 6.45) is 1.67. The molecule has 0 radical (unpaired) electrons. The fourth-order valence-electron chi connectivity index (χ4n) is 2.44. The molecule has 1 aromatic heterocycles. The van der Waals surface area contributed by atoms with E-state index in [4.69, 9.17) is 0 Å². The minimum absolute atomic E-state index is 0.0875. The van der Waals surface area contributed by atoms with Crippen LogP contribution < -0.4 is 15.5 Å². The fourth-order valence-corrected chi connectivity index (χ4v) is 2.44. The van der Waals surface area contributed by atoms with Gasteiger partial charge in [0.25, 0.3) is 5.91 Å². The Bertz CT molecular complexity index is 679. The van der Waals surface area contributed by atoms with Crippen LogP contribution in [0.2, 0.25) is 0 Å². The predicted octanol–water partition coefficient (Wildman–Crippen LogP) is 2.02. The maximum Gasteiger partial charge on any atom is 0.257 e. The van der Waals surface area contributed by atoms with Gasteiger partial charge in [0.05, 0.1) is 11.9 Å². The molecule has 1 amide bonds. The molecule has 0 bridgehead atoms. The van der Waals surface area contributed by atoms with E-state index in [1.54, 1.807) is 12.3 Å². The van der Waals surface area contributed by atoms with E-state index in [1.807, 2.05) is 6.07 Å². The van der Waals surface area contributed by atoms with Crippen molar-refractivity contribution < 1.29 is 13.6 Å². The average Bonchev–Trinajstić information content (AvgIpc) is 2.55. The largest absolute Gasteiger partial charge is 0.368 e. The average molecular weight is 318 g/mol. The first-order chi connectivity index (χ1) is 11.1. The Morgan fingerprint density at radius 1 is 1.13 bits per heavy atom. The lowest BCUT2D eigenvalue weighted by Gasteiger charge is -2.29. The van der Waals surface area contributed by atoms with Gasteiger partial charge in [-0.2, -0.15) is 0 Å². The zero-order valence-electron chi connectivity index (χ0n) is 12.4. The Kier molecular flexibility index (Phi) is 4.47. The molecule has 120 valence electrons. The van der Waals surface area contributed by atoms with E-state index < -0.39 is 17.5 Å². The summed E-state index contributed by atoms with van der Waals surface area (Å²) in [6.45, 7) is 3.64. The number of carbonyl (C=O) groups excluding carboxylic acids is 1. The number of amides is 1. The van der Waals surface area contributed by atoms with Crippen LogP contribution in [0, 0.1) is 11.6 Å². The van der Waals surface area contributed by atoms with Crippen LogP contribution in [0.3, 0.4) is 0 Å². The van der Waals surface area contributed by atoms with Crippen molar-refractivity contribution in [3.63, 3.8) is 0 Å². The van der Waals surface area contributed by atoms with Crippen LogP contribution in [-0.4, -0.2) is 37.1 Å². The second-order valence-corrected chi connectivity index (χ2v) is 5.25. The van der Waals surface area contributed by atoms with Gasteiger partial charge in [0.15, 0.2) is 0 Å². The second kappa shape index (κ2) is 6.70. The third-order valence-electron chi connectivity index (χ3n) is 3.60. The molecule has 7 heteroatoms. The zero-order valence-corrected chi connectivity index (χ0v) is 12.4. The summed E-state index contributed by atoms with van der Waals surface area (Å²) >= 11 is 0. The molecule has 2 N–H and O–H groups in total. The molecule has 2 aromatic rings. The van der Waals surface area contributed by atoms with E-state index >= 15 is 0 Å². The van der Waals surface area contributed by atoms with Crippen LogP contribution >= 0.6 is 0 Å². The number of carbonyl (C=O) groups is 1. The first-order valence-electron chi connectivity index (χ1n) is 7.31. The number of benzene rings is 1. The molecule has 0 atom stereocenters. The maximum atomic E-state index is 13.1. The maximum absolute atomic E-state index is 13.1. The number of anilines is 2. The van der Waals surface area contributed by atoms with E-state index in [-0.39, 0.29) is 5.56 Å². The summed E-state index contributed by atoms with van der Waals surface area (Å²) in [5, 5.41) is 5.80. The highest BCUT2D eigenvalue weighted by atomic mass is 19.1. The van der Waals surface area contributed by atoms with Gasteiger partial charge in [-0.15, -0.1) is 0 Å². The van der Waals surface area contributed by atoms with E-state index in [2.05, 4.69) is 20.5 Å². The molecule has 0 saturated carbocycles. The molecule has 1 saturated heterocycles. The summed E-state index contributed by atoms with van der Waals surface area (Å²) in [6, 6.07) is 6.21. The molecule has 1 fully saturated rings. The summed E-state index contributed by atoms with van der Waals surface area (Å²) in [4.78, 5) is 18.4. The third kappa shape index (κ3) is 3.81. The Morgan fingerprint density at radius 2 is 1.83 bits per heavy atom. The number of piperazine rings is 1. The van der Waals surface area contributed by atoms with Gasteiger partial charge < -0.3 is 15.5 Å². The van der Waals surface area contributed by atoms with Crippen molar-refractivity contribution in [3.8, 4) is 0 Å². The van der Waals surface area contributed by atoms with Crippen molar-refractivity contribution in [2.75, 3.05) is 36.4 Å². The fraction of sp³-hybridized carbons (Fsp3) is 0.250. The zero-order chi connectivity index (χ0) is 16.2. The lowest BCUT2D eigenvalue weighted by molar-refractivity contribution is 0.102. The van der Waals surface area contributed by atoms with Crippen molar-refractivity contribution >= 4 is 17.4 Å². The molecular weight excluding hydrogens is 302 g/mol. The van der Waals surface area contributed by atoms with Gasteiger partial charge >= 0.3 is 0 Å². The Balaban J connectivity index is 1.68. The van der Waals surface area contributed by atoms with Crippen molar-refractivity contribution in [1.29, 1.82) is 0 Å². The number of halogens is 2. The molecular formula is C16H16F2N4O. The van der Waals surface area contributed by atoms with Gasteiger partial charge in [0.2, 0.25) is 0 Å². The predicted molar refractivity (Wildman–Crippen MR) is 83.6 cm³/mol. The standard InChI is InChI=1S/C16H16F2N4O/c17-12-7-11(8-13(18)9-12)16(23)21-15-2-1-14(10-20-15)22-5-3-19-4-6-22/h1-2,7-10,19H,3-6H2,(H,20,21,23). The van der Waals surface area contributed by atoms with Crippen LogP contribution in [0.1, 0.15) is 10.4 Å². The summed E-state index contributed by atoms with van der Waals surface area (Å²) < 4.78 is 26.3. The highest BCUT2D eigenvalue weighted by Gasteiger charge is 2.12. The molecule has 1 aliphatic rings. The van der Waals surface area contributed by atoms with Gasteiger partial charge in [0.1, 0.15) is 17.5 Å². The first kappa shape index (κ1) is 15.4. The van der Waals surface area contributed by atoms with Crippen LogP contribution in [0.25, 0.3) is 0 Å². The van der Waals surface area contributed by atoms with Gasteiger partial charge in [-0.05, 0) is 24.3 Å². The SMILES string of the molecule is O=C(Nc1ccc(N2CCNCC2)cn1)c1cc(F)cc(F)c1. The molecule has 0 aliphatic carbocycles. The first-order valence-corrected chi connectivity index (χ1v) is 7.31. The minimum Gasteiger partial charge on any atom is -0.368 e. The van der Waals surface area contributed by atoms with Crippen molar-refractivity contribution in [1.82, 2.24) is 10.3 Å². The van der Waals surface area contributed by atoms with Crippen molar-refractivity contribution in [2.45, 2.75) is 0 Å². The van der Waals surface area contributed by atoms with Gasteiger partial charge in [-0.3, -0.25) is 4.79 Å².